The first-order valence-electron chi connectivity index (χ1n) is 13.1. The zero-order valence-corrected chi connectivity index (χ0v) is 25.6. The first-order chi connectivity index (χ1) is 21.0. The van der Waals surface area contributed by atoms with E-state index in [1.54, 1.807) is 0 Å². The fraction of sp³-hybridized carbons (Fsp3) is 0.241. The van der Waals surface area contributed by atoms with Crippen LogP contribution in [-0.2, 0) is 26.2 Å². The normalized spacial score (nSPS) is 15.4. The smallest absolute Gasteiger partial charge is 0.439 e. The number of allylic oxidation sites excluding steroid dienone is 6. The predicted octanol–water partition coefficient (Wildman–Crippen LogP) is 6.99. The largest absolute Gasteiger partial charge is 0.469 e. The average molecular weight is 679 g/mol. The van der Waals surface area contributed by atoms with Gasteiger partial charge in [-0.25, -0.2) is 0 Å². The highest BCUT2D eigenvalue weighted by molar-refractivity contribution is 8.13. The van der Waals surface area contributed by atoms with Crippen LogP contribution in [0.15, 0.2) is 95.3 Å². The lowest BCUT2D eigenvalue weighted by Gasteiger charge is -2.27. The third-order valence-corrected chi connectivity index (χ3v) is 10.2. The minimum Gasteiger partial charge on any atom is -0.439 e. The van der Waals surface area contributed by atoms with Crippen molar-refractivity contribution in [2.75, 3.05) is 11.4 Å². The van der Waals surface area contributed by atoms with Gasteiger partial charge in [0.05, 0.1) is 11.8 Å². The molecule has 0 radical (unpaired) electrons. The number of hydrogen-bond acceptors (Lipinski definition) is 7. The number of hydrogen-bond donors (Lipinski definition) is 0. The van der Waals surface area contributed by atoms with Gasteiger partial charge < -0.3 is 14.1 Å². The lowest BCUT2D eigenvalue weighted by atomic mass is 10.3. The molecule has 244 valence electrons. The average Bonchev–Trinajstić information content (AvgIpc) is 3.52. The summed E-state index contributed by atoms with van der Waals surface area (Å²) in [7, 11) is -13.0. The molecule has 0 atom stereocenters. The number of fused-ring (bicyclic) bond motifs is 2. The molecule has 0 bridgehead atoms. The monoisotopic (exact) mass is 678 g/mol. The maximum Gasteiger partial charge on any atom is 0.469 e. The number of nitrogens with zero attached hydrogens (tertiary/aromatic N) is 2. The van der Waals surface area contributed by atoms with E-state index < -0.39 is 35.3 Å². The van der Waals surface area contributed by atoms with Crippen molar-refractivity contribution in [1.82, 2.24) is 0 Å². The number of para-hydroxylation sites is 4. The Morgan fingerprint density at radius 1 is 0.822 bits per heavy atom. The molecule has 0 amide bonds. The van der Waals surface area contributed by atoms with Crippen molar-refractivity contribution >= 4 is 42.5 Å². The maximum atomic E-state index is 11.8. The number of halogens is 6. The second-order valence-electron chi connectivity index (χ2n) is 8.99. The van der Waals surface area contributed by atoms with Gasteiger partial charge in [0, 0.05) is 12.6 Å². The Kier molecular flexibility index (Phi) is 11.0. The van der Waals surface area contributed by atoms with Gasteiger partial charge in [0.2, 0.25) is 11.5 Å². The highest BCUT2D eigenvalue weighted by atomic mass is 32.3. The van der Waals surface area contributed by atoms with Crippen LogP contribution in [0.2, 0.25) is 0 Å². The van der Waals surface area contributed by atoms with Crippen LogP contribution < -0.4 is 14.2 Å². The Bertz CT molecular complexity index is 1800. The van der Waals surface area contributed by atoms with E-state index in [1.807, 2.05) is 78.9 Å². The molecule has 2 heterocycles. The molecule has 1 aromatic heterocycles. The zero-order chi connectivity index (χ0) is 33.6. The number of anilines is 1. The number of benzene rings is 2. The van der Waals surface area contributed by atoms with Gasteiger partial charge in [-0.3, -0.25) is 16.8 Å². The SMILES string of the molecule is CCN1/C(=C/C=C/C=C/C=C/c2oc3ccccc3[n+]2CC)Oc2ccccc21.C[C-](S(=O)(=O)C(F)(F)F)S(=O)(=O)C(F)(F)F. The van der Waals surface area contributed by atoms with Crippen molar-refractivity contribution in [1.29, 1.82) is 0 Å². The second kappa shape index (κ2) is 13.9. The van der Waals surface area contributed by atoms with Crippen LogP contribution >= 0.6 is 0 Å². The number of alkyl halides is 6. The van der Waals surface area contributed by atoms with E-state index in [0.717, 1.165) is 47.4 Å². The molecule has 0 aliphatic carbocycles. The summed E-state index contributed by atoms with van der Waals surface area (Å²) in [5.41, 5.74) is -9.07. The summed E-state index contributed by atoms with van der Waals surface area (Å²) >= 11 is 0. The van der Waals surface area contributed by atoms with Gasteiger partial charge in [0.1, 0.15) is 26.2 Å². The zero-order valence-electron chi connectivity index (χ0n) is 24.0. The van der Waals surface area contributed by atoms with E-state index in [0.29, 0.717) is 0 Å². The number of oxazole rings is 1. The molecule has 0 fully saturated rings. The van der Waals surface area contributed by atoms with E-state index in [2.05, 4.69) is 35.4 Å². The van der Waals surface area contributed by atoms with Gasteiger partial charge in [-0.15, -0.1) is 0 Å². The lowest BCUT2D eigenvalue weighted by Crippen LogP contribution is -2.37. The molecule has 0 N–H and O–H groups in total. The molecule has 1 aliphatic rings. The van der Waals surface area contributed by atoms with Crippen molar-refractivity contribution in [2.45, 2.75) is 38.3 Å². The number of aromatic nitrogens is 1. The van der Waals surface area contributed by atoms with Crippen molar-refractivity contribution in [3.05, 3.63) is 101 Å². The minimum atomic E-state index is -6.51. The second-order valence-corrected chi connectivity index (χ2v) is 13.4. The van der Waals surface area contributed by atoms with Crippen LogP contribution in [0.25, 0.3) is 17.2 Å². The summed E-state index contributed by atoms with van der Waals surface area (Å²) in [6.45, 7) is 5.70. The summed E-state index contributed by atoms with van der Waals surface area (Å²) in [5.74, 6) is 2.60. The molecule has 16 heteroatoms. The fourth-order valence-electron chi connectivity index (χ4n) is 3.94. The molecule has 3 aromatic rings. The summed E-state index contributed by atoms with van der Waals surface area (Å²) in [5, 5.41) is 0. The molecular formula is C29H28F6N2O6S2. The van der Waals surface area contributed by atoms with Gasteiger partial charge in [0.15, 0.2) is 5.75 Å². The summed E-state index contributed by atoms with van der Waals surface area (Å²) in [6, 6.07) is 16.2. The van der Waals surface area contributed by atoms with Gasteiger partial charge in [-0.05, 0) is 38.1 Å². The van der Waals surface area contributed by atoms with Gasteiger partial charge in [-0.2, -0.15) is 37.8 Å². The first kappa shape index (κ1) is 35.4. The van der Waals surface area contributed by atoms with Gasteiger partial charge >= 0.3 is 16.9 Å². The van der Waals surface area contributed by atoms with Crippen molar-refractivity contribution in [3.63, 3.8) is 0 Å². The summed E-state index contributed by atoms with van der Waals surface area (Å²) < 4.78 is 124. The maximum absolute atomic E-state index is 11.8. The molecule has 0 spiro atoms. The third kappa shape index (κ3) is 7.79. The molecule has 0 unspecified atom stereocenters. The molecule has 45 heavy (non-hydrogen) atoms. The summed E-state index contributed by atoms with van der Waals surface area (Å²) in [4.78, 5) is 2.16. The Labute approximate surface area is 256 Å². The molecule has 8 nitrogen and oxygen atoms in total. The van der Waals surface area contributed by atoms with Crippen LogP contribution in [0, 0.1) is 4.58 Å². The molecule has 2 aromatic carbocycles. The van der Waals surface area contributed by atoms with Crippen LogP contribution in [0.4, 0.5) is 32.0 Å². The van der Waals surface area contributed by atoms with Crippen molar-refractivity contribution in [3.8, 4) is 5.75 Å². The van der Waals surface area contributed by atoms with Crippen LogP contribution in [0.5, 0.6) is 5.75 Å². The Morgan fingerprint density at radius 3 is 1.98 bits per heavy atom. The Hall–Kier alpha value is -4.05. The highest BCUT2D eigenvalue weighted by Crippen LogP contribution is 2.40. The van der Waals surface area contributed by atoms with Crippen molar-refractivity contribution in [2.24, 2.45) is 0 Å². The molecule has 0 saturated heterocycles. The van der Waals surface area contributed by atoms with Crippen LogP contribution in [0.3, 0.4) is 0 Å². The molecule has 4 rings (SSSR count). The summed E-state index contributed by atoms with van der Waals surface area (Å²) in [6.07, 6.45) is 13.9. The standard InChI is InChI=1S/C25H25N2O2.C4H3F6O4S2/c1-3-26-20-14-10-12-16-22(20)28-24(26)18-8-6-5-7-9-19-25-27(4-2)21-15-11-13-17-23(21)29-25;1-2(15(11,12)3(5,6)7)16(13,14)4(8,9)10/h5-19H,3-4H2,1-2H3;1H3/q+1;-1. The van der Waals surface area contributed by atoms with Crippen LogP contribution in [0.1, 0.15) is 26.7 Å². The van der Waals surface area contributed by atoms with Crippen LogP contribution in [-0.4, -0.2) is 34.4 Å². The number of sulfone groups is 2. The molecular weight excluding hydrogens is 650 g/mol. The first-order valence-corrected chi connectivity index (χ1v) is 16.1. The topological polar surface area (TPSA) is 97.8 Å². The third-order valence-electron chi connectivity index (χ3n) is 6.19. The highest BCUT2D eigenvalue weighted by Gasteiger charge is 2.52. The minimum absolute atomic E-state index is 0.272. The molecule has 1 aliphatic heterocycles. The van der Waals surface area contributed by atoms with E-state index in [1.165, 1.54) is 0 Å². The Morgan fingerprint density at radius 2 is 1.38 bits per heavy atom. The fourth-order valence-corrected chi connectivity index (χ4v) is 6.32. The lowest BCUT2D eigenvalue weighted by molar-refractivity contribution is -0.674. The van der Waals surface area contributed by atoms with E-state index in [9.17, 15) is 43.2 Å². The number of ether oxygens (including phenoxy) is 1. The number of aryl methyl sites for hydroxylation is 1. The van der Waals surface area contributed by atoms with E-state index in [4.69, 9.17) is 9.15 Å². The van der Waals surface area contributed by atoms with Gasteiger partial charge in [-0.1, -0.05) is 59.2 Å². The number of rotatable bonds is 8. The van der Waals surface area contributed by atoms with Gasteiger partial charge in [0.25, 0.3) is 5.52 Å². The van der Waals surface area contributed by atoms with E-state index in [-0.39, 0.29) is 6.92 Å². The molecule has 0 saturated carbocycles. The van der Waals surface area contributed by atoms with Crippen molar-refractivity contribution < 1.29 is 56.9 Å². The van der Waals surface area contributed by atoms with E-state index >= 15 is 0 Å². The Balaban J connectivity index is 0.000000296. The predicted molar refractivity (Wildman–Crippen MR) is 156 cm³/mol. The quantitative estimate of drug-likeness (QED) is 0.110.